The predicted molar refractivity (Wildman–Crippen MR) is 89.3 cm³/mol. The summed E-state index contributed by atoms with van der Waals surface area (Å²) >= 11 is 0. The van der Waals surface area contributed by atoms with Crippen molar-refractivity contribution in [3.63, 3.8) is 0 Å². The molecule has 0 aliphatic heterocycles. The second-order valence-corrected chi connectivity index (χ2v) is 6.51. The summed E-state index contributed by atoms with van der Waals surface area (Å²) in [4.78, 5) is 11.8. The number of ether oxygens (including phenoxy) is 1. The van der Waals surface area contributed by atoms with Crippen molar-refractivity contribution in [2.75, 3.05) is 13.2 Å². The number of hydrogen-bond acceptors (Lipinski definition) is 2. The van der Waals surface area contributed by atoms with Gasteiger partial charge in [0, 0.05) is 5.56 Å². The largest absolute Gasteiger partial charge is 0.492 e. The standard InChI is InChI=1S/C19H21F2NO2/c1-19(2,3)14-5-7-15(8-6-14)24-11-10-22-18(23)13-4-9-16(20)17(21)12-13/h4-9,12H,10-11H2,1-3H3,(H,22,23). The van der Waals surface area contributed by atoms with E-state index in [0.29, 0.717) is 5.75 Å². The molecule has 2 rings (SSSR count). The lowest BCUT2D eigenvalue weighted by molar-refractivity contribution is 0.0946. The predicted octanol–water partition coefficient (Wildman–Crippen LogP) is 4.07. The molecule has 24 heavy (non-hydrogen) atoms. The minimum Gasteiger partial charge on any atom is -0.492 e. The lowest BCUT2D eigenvalue weighted by Crippen LogP contribution is -2.28. The molecule has 0 aliphatic carbocycles. The minimum absolute atomic E-state index is 0.0726. The molecule has 2 aromatic rings. The molecule has 0 saturated carbocycles. The highest BCUT2D eigenvalue weighted by Gasteiger charge is 2.13. The number of rotatable bonds is 5. The zero-order chi connectivity index (χ0) is 17.7. The summed E-state index contributed by atoms with van der Waals surface area (Å²) < 4.78 is 31.5. The SMILES string of the molecule is CC(C)(C)c1ccc(OCCNC(=O)c2ccc(F)c(F)c2)cc1. The van der Waals surface area contributed by atoms with Crippen molar-refractivity contribution in [1.82, 2.24) is 5.32 Å². The molecule has 3 nitrogen and oxygen atoms in total. The molecule has 0 saturated heterocycles. The van der Waals surface area contributed by atoms with Crippen LogP contribution in [0.25, 0.3) is 0 Å². The third-order valence-corrected chi connectivity index (χ3v) is 3.56. The van der Waals surface area contributed by atoms with Gasteiger partial charge in [-0.05, 0) is 41.3 Å². The lowest BCUT2D eigenvalue weighted by atomic mass is 9.87. The smallest absolute Gasteiger partial charge is 0.251 e. The van der Waals surface area contributed by atoms with Crippen LogP contribution in [-0.2, 0) is 5.41 Å². The number of halogens is 2. The first-order chi connectivity index (χ1) is 11.3. The first-order valence-electron chi connectivity index (χ1n) is 7.74. The molecule has 0 fully saturated rings. The molecule has 0 unspecified atom stereocenters. The van der Waals surface area contributed by atoms with Crippen LogP contribution >= 0.6 is 0 Å². The highest BCUT2D eigenvalue weighted by atomic mass is 19.2. The van der Waals surface area contributed by atoms with Gasteiger partial charge in [-0.25, -0.2) is 8.78 Å². The Labute approximate surface area is 140 Å². The molecule has 0 spiro atoms. The van der Waals surface area contributed by atoms with E-state index < -0.39 is 17.5 Å². The summed E-state index contributed by atoms with van der Waals surface area (Å²) in [5.41, 5.74) is 1.36. The van der Waals surface area contributed by atoms with Crippen molar-refractivity contribution in [2.24, 2.45) is 0 Å². The maximum Gasteiger partial charge on any atom is 0.251 e. The van der Waals surface area contributed by atoms with Crippen LogP contribution in [0.3, 0.4) is 0 Å². The summed E-state index contributed by atoms with van der Waals surface area (Å²) in [6.07, 6.45) is 0. The minimum atomic E-state index is -1.04. The van der Waals surface area contributed by atoms with E-state index in [-0.39, 0.29) is 24.1 Å². The van der Waals surface area contributed by atoms with Gasteiger partial charge in [0.2, 0.25) is 0 Å². The van der Waals surface area contributed by atoms with Gasteiger partial charge in [-0.15, -0.1) is 0 Å². The van der Waals surface area contributed by atoms with Crippen molar-refractivity contribution >= 4 is 5.91 Å². The van der Waals surface area contributed by atoms with Crippen molar-refractivity contribution in [3.8, 4) is 5.75 Å². The van der Waals surface area contributed by atoms with Crippen molar-refractivity contribution in [3.05, 3.63) is 65.2 Å². The molecule has 0 heterocycles. The normalized spacial score (nSPS) is 11.2. The summed E-state index contributed by atoms with van der Waals surface area (Å²) in [6, 6.07) is 10.8. The Morgan fingerprint density at radius 1 is 1.04 bits per heavy atom. The molecule has 2 aromatic carbocycles. The highest BCUT2D eigenvalue weighted by Crippen LogP contribution is 2.24. The van der Waals surface area contributed by atoms with E-state index in [1.54, 1.807) is 0 Å². The Balaban J connectivity index is 1.80. The van der Waals surface area contributed by atoms with Gasteiger partial charge >= 0.3 is 0 Å². The van der Waals surface area contributed by atoms with Gasteiger partial charge in [-0.2, -0.15) is 0 Å². The Kier molecular flexibility index (Phi) is 5.54. The average molecular weight is 333 g/mol. The lowest BCUT2D eigenvalue weighted by Gasteiger charge is -2.19. The van der Waals surface area contributed by atoms with E-state index in [9.17, 15) is 13.6 Å². The molecular weight excluding hydrogens is 312 g/mol. The van der Waals surface area contributed by atoms with Crippen LogP contribution in [0.2, 0.25) is 0 Å². The van der Waals surface area contributed by atoms with Gasteiger partial charge in [0.1, 0.15) is 12.4 Å². The van der Waals surface area contributed by atoms with E-state index in [1.807, 2.05) is 24.3 Å². The summed E-state index contributed by atoms with van der Waals surface area (Å²) in [5.74, 6) is -1.78. The molecule has 0 bridgehead atoms. The Morgan fingerprint density at radius 2 is 1.71 bits per heavy atom. The first kappa shape index (κ1) is 17.9. The van der Waals surface area contributed by atoms with Crippen molar-refractivity contribution in [2.45, 2.75) is 26.2 Å². The summed E-state index contributed by atoms with van der Waals surface area (Å²) in [6.45, 7) is 6.95. The fourth-order valence-corrected chi connectivity index (χ4v) is 2.12. The van der Waals surface area contributed by atoms with E-state index in [4.69, 9.17) is 4.74 Å². The third-order valence-electron chi connectivity index (χ3n) is 3.56. The number of benzene rings is 2. The molecule has 0 atom stereocenters. The van der Waals surface area contributed by atoms with E-state index in [2.05, 4.69) is 26.1 Å². The monoisotopic (exact) mass is 333 g/mol. The molecule has 1 amide bonds. The zero-order valence-electron chi connectivity index (χ0n) is 14.0. The maximum absolute atomic E-state index is 13.1. The maximum atomic E-state index is 13.1. The Bertz CT molecular complexity index is 706. The molecule has 0 aliphatic rings. The van der Waals surface area contributed by atoms with Gasteiger partial charge in [0.15, 0.2) is 11.6 Å². The van der Waals surface area contributed by atoms with E-state index >= 15 is 0 Å². The zero-order valence-corrected chi connectivity index (χ0v) is 14.0. The molecule has 0 aromatic heterocycles. The van der Waals surface area contributed by atoms with Crippen LogP contribution < -0.4 is 10.1 Å². The number of carbonyl (C=O) groups excluding carboxylic acids is 1. The summed E-state index contributed by atoms with van der Waals surface area (Å²) in [5, 5.41) is 2.60. The second kappa shape index (κ2) is 7.43. The third kappa shape index (κ3) is 4.78. The van der Waals surface area contributed by atoms with Crippen LogP contribution in [0.4, 0.5) is 8.78 Å². The highest BCUT2D eigenvalue weighted by molar-refractivity contribution is 5.94. The van der Waals surface area contributed by atoms with Crippen LogP contribution in [0.1, 0.15) is 36.7 Å². The average Bonchev–Trinajstić information content (AvgIpc) is 2.53. The fraction of sp³-hybridized carbons (Fsp3) is 0.316. The molecule has 128 valence electrons. The second-order valence-electron chi connectivity index (χ2n) is 6.51. The van der Waals surface area contributed by atoms with Gasteiger partial charge in [-0.3, -0.25) is 4.79 Å². The van der Waals surface area contributed by atoms with Crippen LogP contribution in [0.15, 0.2) is 42.5 Å². The number of hydrogen-bond donors (Lipinski definition) is 1. The number of carbonyl (C=O) groups is 1. The van der Waals surface area contributed by atoms with Crippen molar-refractivity contribution in [1.29, 1.82) is 0 Å². The quantitative estimate of drug-likeness (QED) is 0.838. The van der Waals surface area contributed by atoms with Crippen molar-refractivity contribution < 1.29 is 18.3 Å². The van der Waals surface area contributed by atoms with Crippen LogP contribution in [0, 0.1) is 11.6 Å². The fourth-order valence-electron chi connectivity index (χ4n) is 2.12. The van der Waals surface area contributed by atoms with Gasteiger partial charge in [-0.1, -0.05) is 32.9 Å². The van der Waals surface area contributed by atoms with Gasteiger partial charge < -0.3 is 10.1 Å². The van der Waals surface area contributed by atoms with Crippen LogP contribution in [-0.4, -0.2) is 19.1 Å². The van der Waals surface area contributed by atoms with Gasteiger partial charge in [0.05, 0.1) is 6.54 Å². The van der Waals surface area contributed by atoms with Crippen LogP contribution in [0.5, 0.6) is 5.75 Å². The number of amides is 1. The number of nitrogens with one attached hydrogen (secondary N) is 1. The Morgan fingerprint density at radius 3 is 2.29 bits per heavy atom. The van der Waals surface area contributed by atoms with E-state index in [0.717, 1.165) is 12.1 Å². The first-order valence-corrected chi connectivity index (χ1v) is 7.74. The molecule has 1 N–H and O–H groups in total. The Hall–Kier alpha value is -2.43. The molecular formula is C19H21F2NO2. The topological polar surface area (TPSA) is 38.3 Å². The summed E-state index contributed by atoms with van der Waals surface area (Å²) in [7, 11) is 0. The molecule has 0 radical (unpaired) electrons. The molecule has 5 heteroatoms. The van der Waals surface area contributed by atoms with E-state index in [1.165, 1.54) is 11.6 Å². The van der Waals surface area contributed by atoms with Gasteiger partial charge in [0.25, 0.3) is 5.91 Å².